The van der Waals surface area contributed by atoms with Crippen molar-refractivity contribution >= 4 is 44.9 Å². The van der Waals surface area contributed by atoms with Gasteiger partial charge in [-0.3, -0.25) is 14.1 Å². The van der Waals surface area contributed by atoms with E-state index in [-0.39, 0.29) is 42.7 Å². The molecule has 3 aromatic carbocycles. The fraction of sp³-hybridized carbons (Fsp3) is 0.286. The first kappa shape index (κ1) is 27.6. The minimum absolute atomic E-state index is 0.105. The summed E-state index contributed by atoms with van der Waals surface area (Å²) in [6, 6.07) is 20.9. The SMILES string of the molecule is CC(=O)N(c1ccc(Cl)cc1)C1CC(C)N(C(=O)c2ccc(OCCCS(=O)(=O)O)cc2)c2ccccc21. The van der Waals surface area contributed by atoms with Crippen LogP contribution in [0.15, 0.2) is 72.8 Å². The maximum absolute atomic E-state index is 13.7. The Labute approximate surface area is 227 Å². The zero-order valence-electron chi connectivity index (χ0n) is 21.1. The van der Waals surface area contributed by atoms with Crippen LogP contribution in [0, 0.1) is 0 Å². The molecule has 8 nitrogen and oxygen atoms in total. The third-order valence-corrected chi connectivity index (χ3v) is 7.51. The summed E-state index contributed by atoms with van der Waals surface area (Å²) in [5, 5.41) is 0.584. The summed E-state index contributed by atoms with van der Waals surface area (Å²) in [5.41, 5.74) is 2.83. The second-order valence-electron chi connectivity index (χ2n) is 9.21. The van der Waals surface area contributed by atoms with E-state index in [1.165, 1.54) is 6.92 Å². The molecule has 0 aliphatic carbocycles. The van der Waals surface area contributed by atoms with Gasteiger partial charge in [-0.25, -0.2) is 0 Å². The molecule has 0 radical (unpaired) electrons. The summed E-state index contributed by atoms with van der Waals surface area (Å²) < 4.78 is 36.0. The van der Waals surface area contributed by atoms with Crippen molar-refractivity contribution in [2.24, 2.45) is 0 Å². The normalized spacial score (nSPS) is 17.0. The van der Waals surface area contributed by atoms with Crippen LogP contribution in [0.2, 0.25) is 5.02 Å². The van der Waals surface area contributed by atoms with E-state index < -0.39 is 10.1 Å². The van der Waals surface area contributed by atoms with Crippen LogP contribution in [0.5, 0.6) is 5.75 Å². The first-order valence-corrected chi connectivity index (χ1v) is 14.2. The van der Waals surface area contributed by atoms with Gasteiger partial charge in [0.15, 0.2) is 0 Å². The zero-order chi connectivity index (χ0) is 27.4. The molecule has 0 saturated carbocycles. The summed E-state index contributed by atoms with van der Waals surface area (Å²) in [5.74, 6) is -0.173. The lowest BCUT2D eigenvalue weighted by molar-refractivity contribution is -0.117. The third kappa shape index (κ3) is 6.35. The van der Waals surface area contributed by atoms with Crippen LogP contribution in [0.4, 0.5) is 11.4 Å². The summed E-state index contributed by atoms with van der Waals surface area (Å²) in [7, 11) is -4.03. The number of benzene rings is 3. The lowest BCUT2D eigenvalue weighted by Crippen LogP contribution is -2.47. The van der Waals surface area contributed by atoms with Gasteiger partial charge in [0.05, 0.1) is 18.4 Å². The Kier molecular flexibility index (Phi) is 8.40. The molecule has 1 N–H and O–H groups in total. The van der Waals surface area contributed by atoms with Crippen LogP contribution in [-0.4, -0.2) is 43.2 Å². The number of hydrogen-bond donors (Lipinski definition) is 1. The molecule has 1 heterocycles. The van der Waals surface area contributed by atoms with Crippen molar-refractivity contribution in [1.82, 2.24) is 0 Å². The topological polar surface area (TPSA) is 104 Å². The molecule has 2 amide bonds. The molecule has 0 fully saturated rings. The summed E-state index contributed by atoms with van der Waals surface area (Å²) in [6.45, 7) is 3.62. The number of fused-ring (bicyclic) bond motifs is 1. The van der Waals surface area contributed by atoms with E-state index in [1.54, 1.807) is 46.2 Å². The molecule has 2 unspecified atom stereocenters. The number of nitrogens with zero attached hydrogens (tertiary/aromatic N) is 2. The molecule has 1 aliphatic heterocycles. The fourth-order valence-electron chi connectivity index (χ4n) is 4.78. The number of halogens is 1. The number of para-hydroxylation sites is 1. The highest BCUT2D eigenvalue weighted by molar-refractivity contribution is 7.85. The summed E-state index contributed by atoms with van der Waals surface area (Å²) in [6.07, 6.45) is 0.690. The molecule has 0 bridgehead atoms. The molecule has 38 heavy (non-hydrogen) atoms. The van der Waals surface area contributed by atoms with E-state index in [9.17, 15) is 18.0 Å². The van der Waals surface area contributed by atoms with Gasteiger partial charge in [-0.15, -0.1) is 0 Å². The molecule has 0 aromatic heterocycles. The van der Waals surface area contributed by atoms with Gasteiger partial charge in [-0.1, -0.05) is 29.8 Å². The lowest BCUT2D eigenvalue weighted by Gasteiger charge is -2.43. The van der Waals surface area contributed by atoms with E-state index in [4.69, 9.17) is 20.9 Å². The monoisotopic (exact) mass is 556 g/mol. The molecular weight excluding hydrogens is 528 g/mol. The Balaban J connectivity index is 1.57. The van der Waals surface area contributed by atoms with Gasteiger partial charge in [0.25, 0.3) is 16.0 Å². The van der Waals surface area contributed by atoms with E-state index >= 15 is 0 Å². The molecule has 1 aliphatic rings. The third-order valence-electron chi connectivity index (χ3n) is 6.45. The molecule has 4 rings (SSSR count). The molecule has 3 aromatic rings. The first-order valence-electron chi connectivity index (χ1n) is 12.2. The van der Waals surface area contributed by atoms with E-state index in [0.717, 1.165) is 16.9 Å². The van der Waals surface area contributed by atoms with Crippen molar-refractivity contribution in [2.75, 3.05) is 22.2 Å². The van der Waals surface area contributed by atoms with Crippen molar-refractivity contribution in [1.29, 1.82) is 0 Å². The second kappa shape index (κ2) is 11.6. The first-order chi connectivity index (χ1) is 18.0. The smallest absolute Gasteiger partial charge is 0.264 e. The number of carbonyl (C=O) groups is 2. The largest absolute Gasteiger partial charge is 0.494 e. The average Bonchev–Trinajstić information content (AvgIpc) is 2.87. The lowest BCUT2D eigenvalue weighted by atomic mass is 9.89. The van der Waals surface area contributed by atoms with E-state index in [0.29, 0.717) is 22.8 Å². The number of carbonyl (C=O) groups excluding carboxylic acids is 2. The minimum atomic E-state index is -4.03. The summed E-state index contributed by atoms with van der Waals surface area (Å²) >= 11 is 6.07. The molecule has 0 spiro atoms. The number of ether oxygens (including phenoxy) is 1. The van der Waals surface area contributed by atoms with Gasteiger partial charge in [-0.05, 0) is 79.9 Å². The predicted molar refractivity (Wildman–Crippen MR) is 148 cm³/mol. The van der Waals surface area contributed by atoms with Crippen molar-refractivity contribution in [3.8, 4) is 5.75 Å². The Bertz CT molecular complexity index is 1410. The van der Waals surface area contributed by atoms with E-state index in [2.05, 4.69) is 0 Å². The van der Waals surface area contributed by atoms with Gasteiger partial charge in [-0.2, -0.15) is 8.42 Å². The van der Waals surface area contributed by atoms with Crippen molar-refractivity contribution in [3.05, 3.63) is 88.9 Å². The molecule has 2 atom stereocenters. The maximum Gasteiger partial charge on any atom is 0.264 e. The number of hydrogen-bond acceptors (Lipinski definition) is 5. The quantitative estimate of drug-likeness (QED) is 0.289. The fourth-order valence-corrected chi connectivity index (χ4v) is 5.39. The van der Waals surface area contributed by atoms with Crippen LogP contribution in [-0.2, 0) is 14.9 Å². The minimum Gasteiger partial charge on any atom is -0.494 e. The molecule has 10 heteroatoms. The highest BCUT2D eigenvalue weighted by Gasteiger charge is 2.38. The van der Waals surface area contributed by atoms with Crippen LogP contribution in [0.3, 0.4) is 0 Å². The molecular formula is C28H29ClN2O6S. The van der Waals surface area contributed by atoms with Gasteiger partial charge in [0.1, 0.15) is 5.75 Å². The summed E-state index contributed by atoms with van der Waals surface area (Å²) in [4.78, 5) is 30.0. The van der Waals surface area contributed by atoms with Crippen LogP contribution in [0.25, 0.3) is 0 Å². The van der Waals surface area contributed by atoms with Crippen molar-refractivity contribution < 1.29 is 27.3 Å². The highest BCUT2D eigenvalue weighted by Crippen LogP contribution is 2.43. The highest BCUT2D eigenvalue weighted by atomic mass is 35.5. The number of anilines is 2. The maximum atomic E-state index is 13.7. The standard InChI is InChI=1S/C28H29ClN2O6S/c1-19-18-27(31(20(2)32)23-12-10-22(29)11-13-23)25-6-3-4-7-26(25)30(19)28(33)21-8-14-24(15-9-21)37-16-5-17-38(34,35)36/h3-4,6-15,19,27H,5,16-18H2,1-2H3,(H,34,35,36). The number of amides is 2. The Morgan fingerprint density at radius 1 is 1.05 bits per heavy atom. The van der Waals surface area contributed by atoms with Gasteiger partial charge < -0.3 is 14.5 Å². The Morgan fingerprint density at radius 3 is 2.34 bits per heavy atom. The van der Waals surface area contributed by atoms with Crippen LogP contribution < -0.4 is 14.5 Å². The average molecular weight is 557 g/mol. The van der Waals surface area contributed by atoms with Crippen molar-refractivity contribution in [3.63, 3.8) is 0 Å². The Hall–Kier alpha value is -3.40. The number of rotatable bonds is 8. The van der Waals surface area contributed by atoms with Crippen LogP contribution in [0.1, 0.15) is 48.7 Å². The van der Waals surface area contributed by atoms with E-state index in [1.807, 2.05) is 43.3 Å². The van der Waals surface area contributed by atoms with Crippen molar-refractivity contribution in [2.45, 2.75) is 38.8 Å². The second-order valence-corrected chi connectivity index (χ2v) is 11.2. The zero-order valence-corrected chi connectivity index (χ0v) is 22.7. The van der Waals surface area contributed by atoms with Gasteiger partial charge in [0, 0.05) is 34.9 Å². The van der Waals surface area contributed by atoms with Gasteiger partial charge in [0.2, 0.25) is 5.91 Å². The van der Waals surface area contributed by atoms with Gasteiger partial charge >= 0.3 is 0 Å². The molecule has 0 saturated heterocycles. The van der Waals surface area contributed by atoms with Crippen LogP contribution >= 0.6 is 11.6 Å². The predicted octanol–water partition coefficient (Wildman–Crippen LogP) is 5.53. The molecule has 200 valence electrons. The Morgan fingerprint density at radius 2 is 1.71 bits per heavy atom.